The molecule has 0 aliphatic carbocycles. The van der Waals surface area contributed by atoms with Gasteiger partial charge in [0, 0.05) is 6.42 Å². The lowest BCUT2D eigenvalue weighted by molar-refractivity contribution is -0.126. The number of rotatable bonds is 17. The van der Waals surface area contributed by atoms with Gasteiger partial charge in [-0.15, -0.1) is 0 Å². The quantitative estimate of drug-likeness (QED) is 0.273. The lowest BCUT2D eigenvalue weighted by Crippen LogP contribution is -2.41. The van der Waals surface area contributed by atoms with Crippen molar-refractivity contribution in [2.75, 3.05) is 7.05 Å². The van der Waals surface area contributed by atoms with Gasteiger partial charge in [0.05, 0.1) is 6.04 Å². The van der Waals surface area contributed by atoms with E-state index in [1.165, 1.54) is 70.6 Å². The fourth-order valence-corrected chi connectivity index (χ4v) is 3.08. The average Bonchev–Trinajstić information content (AvgIpc) is 2.57. The molecule has 0 amide bonds. The van der Waals surface area contributed by atoms with Crippen LogP contribution in [0.1, 0.15) is 111 Å². The van der Waals surface area contributed by atoms with Gasteiger partial charge in [0.15, 0.2) is 0 Å². The molecule has 0 fully saturated rings. The predicted molar refractivity (Wildman–Crippen MR) is 104 cm³/mol. The fourth-order valence-electron chi connectivity index (χ4n) is 3.08. The van der Waals surface area contributed by atoms with E-state index in [0.29, 0.717) is 6.42 Å². The zero-order valence-corrected chi connectivity index (χ0v) is 16.9. The highest BCUT2D eigenvalue weighted by Gasteiger charge is 2.19. The minimum absolute atomic E-state index is 0.178. The van der Waals surface area contributed by atoms with Crippen LogP contribution in [0.2, 0.25) is 0 Å². The van der Waals surface area contributed by atoms with Crippen molar-refractivity contribution in [1.82, 2.24) is 4.90 Å². The smallest absolute Gasteiger partial charge is 0.149 e. The number of nitrogens with zero attached hydrogens (tertiary/aromatic N) is 1. The van der Waals surface area contributed by atoms with Gasteiger partial charge >= 0.3 is 0 Å². The van der Waals surface area contributed by atoms with E-state index >= 15 is 0 Å². The Morgan fingerprint density at radius 2 is 1.17 bits per heavy atom. The molecule has 0 aromatic carbocycles. The van der Waals surface area contributed by atoms with Crippen molar-refractivity contribution in [1.29, 1.82) is 0 Å². The number of likely N-dealkylation sites (N-methyl/N-ethyl adjacent to an activating group) is 1. The molecule has 2 unspecified atom stereocenters. The minimum atomic E-state index is -0.560. The Morgan fingerprint density at radius 3 is 1.54 bits per heavy atom. The van der Waals surface area contributed by atoms with Crippen LogP contribution in [0.15, 0.2) is 0 Å². The van der Waals surface area contributed by atoms with Gasteiger partial charge < -0.3 is 5.11 Å². The molecule has 0 rings (SSSR count). The Balaban J connectivity index is 3.35. The van der Waals surface area contributed by atoms with E-state index in [2.05, 4.69) is 6.92 Å². The number of unbranched alkanes of at least 4 members (excludes halogenated alkanes) is 12. The van der Waals surface area contributed by atoms with E-state index < -0.39 is 6.23 Å². The molecule has 1 N–H and O–H groups in total. The lowest BCUT2D eigenvalue weighted by Gasteiger charge is -2.26. The molecule has 0 aromatic rings. The van der Waals surface area contributed by atoms with E-state index in [1.54, 1.807) is 18.9 Å². The summed E-state index contributed by atoms with van der Waals surface area (Å²) in [6.07, 6.45) is 17.3. The first-order chi connectivity index (χ1) is 11.5. The molecule has 0 aromatic heterocycles. The zero-order chi connectivity index (χ0) is 18.2. The van der Waals surface area contributed by atoms with Crippen LogP contribution < -0.4 is 0 Å². The fraction of sp³-hybridized carbons (Fsp3) is 0.952. The third kappa shape index (κ3) is 12.9. The molecule has 3 nitrogen and oxygen atoms in total. The molecule has 0 spiro atoms. The molecule has 0 bridgehead atoms. The lowest BCUT2D eigenvalue weighted by atomic mass is 10.0. The van der Waals surface area contributed by atoms with Gasteiger partial charge in [0.2, 0.25) is 0 Å². The Morgan fingerprint density at radius 1 is 0.792 bits per heavy atom. The molecule has 0 heterocycles. The molecule has 3 heteroatoms. The van der Waals surface area contributed by atoms with Crippen molar-refractivity contribution in [2.24, 2.45) is 0 Å². The molecule has 2 atom stereocenters. The van der Waals surface area contributed by atoms with Crippen LogP contribution in [-0.2, 0) is 4.79 Å². The number of ketones is 1. The number of aliphatic hydroxyl groups excluding tert-OH is 1. The molecule has 0 saturated carbocycles. The Labute approximate surface area is 151 Å². The van der Waals surface area contributed by atoms with Crippen molar-refractivity contribution < 1.29 is 9.90 Å². The van der Waals surface area contributed by atoms with E-state index in [-0.39, 0.29) is 11.8 Å². The van der Waals surface area contributed by atoms with Crippen LogP contribution in [0.25, 0.3) is 0 Å². The Kier molecular flexibility index (Phi) is 15.8. The molecule has 24 heavy (non-hydrogen) atoms. The van der Waals surface area contributed by atoms with Crippen molar-refractivity contribution in [3.05, 3.63) is 0 Å². The van der Waals surface area contributed by atoms with Gasteiger partial charge in [0.25, 0.3) is 0 Å². The van der Waals surface area contributed by atoms with Crippen molar-refractivity contribution >= 4 is 5.78 Å². The second kappa shape index (κ2) is 16.1. The predicted octanol–water partition coefficient (Wildman–Crippen LogP) is 5.70. The first kappa shape index (κ1) is 23.6. The van der Waals surface area contributed by atoms with Crippen LogP contribution in [0.4, 0.5) is 0 Å². The van der Waals surface area contributed by atoms with Crippen molar-refractivity contribution in [3.63, 3.8) is 0 Å². The summed E-state index contributed by atoms with van der Waals surface area (Å²) in [4.78, 5) is 13.8. The minimum Gasteiger partial charge on any atom is -0.379 e. The van der Waals surface area contributed by atoms with E-state index in [4.69, 9.17) is 0 Å². The van der Waals surface area contributed by atoms with Crippen LogP contribution in [0.5, 0.6) is 0 Å². The molecule has 0 radical (unpaired) electrons. The van der Waals surface area contributed by atoms with Gasteiger partial charge in [-0.25, -0.2) is 0 Å². The number of Topliss-reactive ketones (excluding diaryl/α,β-unsaturated/α-hetero) is 1. The molecule has 0 aliphatic heterocycles. The highest BCUT2D eigenvalue weighted by molar-refractivity contribution is 5.83. The number of carbonyl (C=O) groups is 1. The molecule has 0 saturated heterocycles. The summed E-state index contributed by atoms with van der Waals surface area (Å²) in [7, 11) is 1.80. The van der Waals surface area contributed by atoms with E-state index in [0.717, 1.165) is 12.8 Å². The number of hydrogen-bond acceptors (Lipinski definition) is 3. The second-order valence-corrected chi connectivity index (χ2v) is 7.43. The number of carbonyl (C=O) groups excluding carboxylic acids is 1. The Bertz CT molecular complexity index is 292. The third-order valence-corrected chi connectivity index (χ3v) is 5.19. The van der Waals surface area contributed by atoms with Crippen LogP contribution in [0, 0.1) is 0 Å². The standard InChI is InChI=1S/C21H43NO2/c1-5-6-7-8-9-10-11-12-13-14-15-16-17-18-21(24)19(2)22(4)20(3)23/h19-20,23H,5-18H2,1-4H3. The molecule has 0 aliphatic rings. The summed E-state index contributed by atoms with van der Waals surface area (Å²) in [6, 6.07) is -0.178. The van der Waals surface area contributed by atoms with Gasteiger partial charge in [-0.2, -0.15) is 0 Å². The first-order valence-electron chi connectivity index (χ1n) is 10.4. The van der Waals surface area contributed by atoms with Crippen molar-refractivity contribution in [2.45, 2.75) is 123 Å². The highest BCUT2D eigenvalue weighted by atomic mass is 16.3. The summed E-state index contributed by atoms with van der Waals surface area (Å²) in [5, 5.41) is 9.50. The highest BCUT2D eigenvalue weighted by Crippen LogP contribution is 2.13. The summed E-state index contributed by atoms with van der Waals surface area (Å²) >= 11 is 0. The summed E-state index contributed by atoms with van der Waals surface area (Å²) in [5.74, 6) is 0.251. The molecular formula is C21H43NO2. The maximum atomic E-state index is 12.0. The van der Waals surface area contributed by atoms with Crippen LogP contribution in [-0.4, -0.2) is 35.1 Å². The van der Waals surface area contributed by atoms with Crippen LogP contribution >= 0.6 is 0 Å². The molecule has 144 valence electrons. The third-order valence-electron chi connectivity index (χ3n) is 5.19. The maximum Gasteiger partial charge on any atom is 0.149 e. The monoisotopic (exact) mass is 341 g/mol. The molecular weight excluding hydrogens is 298 g/mol. The largest absolute Gasteiger partial charge is 0.379 e. The van der Waals surface area contributed by atoms with Crippen LogP contribution in [0.3, 0.4) is 0 Å². The SMILES string of the molecule is CCCCCCCCCCCCCCCC(=O)C(C)N(C)C(C)O. The normalized spacial score (nSPS) is 14.1. The topological polar surface area (TPSA) is 40.5 Å². The van der Waals surface area contributed by atoms with E-state index in [9.17, 15) is 9.90 Å². The van der Waals surface area contributed by atoms with Gasteiger partial charge in [-0.3, -0.25) is 9.69 Å². The first-order valence-corrected chi connectivity index (χ1v) is 10.4. The number of hydrogen-bond donors (Lipinski definition) is 1. The number of aliphatic hydroxyl groups is 1. The van der Waals surface area contributed by atoms with Gasteiger partial charge in [0.1, 0.15) is 12.0 Å². The summed E-state index contributed by atoms with van der Waals surface area (Å²) in [5.41, 5.74) is 0. The summed E-state index contributed by atoms with van der Waals surface area (Å²) in [6.45, 7) is 5.86. The second-order valence-electron chi connectivity index (χ2n) is 7.43. The Hall–Kier alpha value is -0.410. The maximum absolute atomic E-state index is 12.0. The average molecular weight is 342 g/mol. The zero-order valence-electron chi connectivity index (χ0n) is 16.9. The van der Waals surface area contributed by atoms with E-state index in [1.807, 2.05) is 6.92 Å². The summed E-state index contributed by atoms with van der Waals surface area (Å²) < 4.78 is 0. The van der Waals surface area contributed by atoms with Gasteiger partial charge in [-0.05, 0) is 27.3 Å². The van der Waals surface area contributed by atoms with Gasteiger partial charge in [-0.1, -0.05) is 84.0 Å². The van der Waals surface area contributed by atoms with Crippen molar-refractivity contribution in [3.8, 4) is 0 Å².